The second-order valence-corrected chi connectivity index (χ2v) is 7.90. The van der Waals surface area contributed by atoms with Crippen molar-refractivity contribution in [3.05, 3.63) is 75.7 Å². The molecule has 1 aromatic heterocycles. The van der Waals surface area contributed by atoms with E-state index >= 15 is 0 Å². The van der Waals surface area contributed by atoms with E-state index < -0.39 is 5.97 Å². The summed E-state index contributed by atoms with van der Waals surface area (Å²) in [5.41, 5.74) is 2.64. The summed E-state index contributed by atoms with van der Waals surface area (Å²) in [4.78, 5) is 30.3. The first-order valence-corrected chi connectivity index (χ1v) is 10.3. The van der Waals surface area contributed by atoms with Crippen LogP contribution in [0.4, 0.5) is 0 Å². The molecule has 2 aromatic carbocycles. The summed E-state index contributed by atoms with van der Waals surface area (Å²) in [6.45, 7) is 0.153. The quantitative estimate of drug-likeness (QED) is 0.494. The van der Waals surface area contributed by atoms with Gasteiger partial charge >= 0.3 is 5.97 Å². The molecule has 144 valence electrons. The highest BCUT2D eigenvalue weighted by Crippen LogP contribution is 2.23. The maximum absolute atomic E-state index is 12.2. The van der Waals surface area contributed by atoms with E-state index in [0.29, 0.717) is 12.2 Å². The number of carbonyl (C=O) groups is 2. The zero-order chi connectivity index (χ0) is 19.9. The zero-order valence-electron chi connectivity index (χ0n) is 15.3. The van der Waals surface area contributed by atoms with Gasteiger partial charge in [-0.05, 0) is 11.6 Å². The van der Waals surface area contributed by atoms with Gasteiger partial charge in [0.25, 0.3) is 5.91 Å². The molecule has 0 atom stereocenters. The predicted octanol–water partition coefficient (Wildman–Crippen LogP) is 4.32. The molecule has 0 aliphatic heterocycles. The van der Waals surface area contributed by atoms with E-state index in [1.54, 1.807) is 7.05 Å². The van der Waals surface area contributed by atoms with Gasteiger partial charge in [0.05, 0.1) is 12.1 Å². The number of nitrogens with zero attached hydrogens (tertiary/aromatic N) is 2. The highest BCUT2D eigenvalue weighted by molar-refractivity contribution is 9.10. The molecule has 3 rings (SSSR count). The number of esters is 1. The Kier molecular flexibility index (Phi) is 6.95. The highest BCUT2D eigenvalue weighted by atomic mass is 79.9. The van der Waals surface area contributed by atoms with Crippen LogP contribution < -0.4 is 0 Å². The SMILES string of the molecule is CN(Cc1ccccc1Br)C(=O)COC(=O)Cc1csc(-c2ccccc2)n1. The van der Waals surface area contributed by atoms with Gasteiger partial charge in [0.2, 0.25) is 0 Å². The Bertz CT molecular complexity index is 959. The van der Waals surface area contributed by atoms with Crippen molar-refractivity contribution in [2.24, 2.45) is 0 Å². The summed E-state index contributed by atoms with van der Waals surface area (Å²) in [6.07, 6.45) is 0.0462. The average molecular weight is 459 g/mol. The topological polar surface area (TPSA) is 59.5 Å². The van der Waals surface area contributed by atoms with E-state index in [4.69, 9.17) is 4.74 Å². The number of thiazole rings is 1. The Morgan fingerprint density at radius 1 is 1.11 bits per heavy atom. The lowest BCUT2D eigenvalue weighted by molar-refractivity contribution is -0.151. The molecule has 0 radical (unpaired) electrons. The second-order valence-electron chi connectivity index (χ2n) is 6.19. The molecule has 0 bridgehead atoms. The van der Waals surface area contributed by atoms with Crippen molar-refractivity contribution >= 4 is 39.1 Å². The Balaban J connectivity index is 1.48. The van der Waals surface area contributed by atoms with Crippen LogP contribution in [0, 0.1) is 0 Å². The van der Waals surface area contributed by atoms with E-state index in [1.165, 1.54) is 16.2 Å². The summed E-state index contributed by atoms with van der Waals surface area (Å²) in [7, 11) is 1.68. The number of aromatic nitrogens is 1. The maximum atomic E-state index is 12.2. The molecule has 5 nitrogen and oxygen atoms in total. The molecular formula is C21H19BrN2O3S. The van der Waals surface area contributed by atoms with Crippen molar-refractivity contribution in [1.29, 1.82) is 0 Å². The van der Waals surface area contributed by atoms with Crippen LogP contribution >= 0.6 is 27.3 Å². The zero-order valence-corrected chi connectivity index (χ0v) is 17.7. The van der Waals surface area contributed by atoms with Crippen molar-refractivity contribution in [2.75, 3.05) is 13.7 Å². The minimum Gasteiger partial charge on any atom is -0.455 e. The summed E-state index contributed by atoms with van der Waals surface area (Å²) in [5.74, 6) is -0.722. The fraction of sp³-hybridized carbons (Fsp3) is 0.190. The fourth-order valence-electron chi connectivity index (χ4n) is 2.52. The van der Waals surface area contributed by atoms with Gasteiger partial charge in [-0.2, -0.15) is 0 Å². The van der Waals surface area contributed by atoms with Gasteiger partial charge in [-0.3, -0.25) is 9.59 Å². The first-order chi connectivity index (χ1) is 13.5. The van der Waals surface area contributed by atoms with Crippen molar-refractivity contribution in [3.8, 4) is 10.6 Å². The van der Waals surface area contributed by atoms with Crippen molar-refractivity contribution in [1.82, 2.24) is 9.88 Å². The third-order valence-electron chi connectivity index (χ3n) is 4.05. The van der Waals surface area contributed by atoms with Crippen LogP contribution in [0.3, 0.4) is 0 Å². The highest BCUT2D eigenvalue weighted by Gasteiger charge is 2.15. The predicted molar refractivity (Wildman–Crippen MR) is 113 cm³/mol. The average Bonchev–Trinajstić information content (AvgIpc) is 3.17. The first kappa shape index (κ1) is 20.2. The Morgan fingerprint density at radius 3 is 2.57 bits per heavy atom. The van der Waals surface area contributed by atoms with Crippen molar-refractivity contribution in [2.45, 2.75) is 13.0 Å². The molecular weight excluding hydrogens is 440 g/mol. The van der Waals surface area contributed by atoms with Crippen LogP contribution in [0.2, 0.25) is 0 Å². The summed E-state index contributed by atoms with van der Waals surface area (Å²) in [6, 6.07) is 17.5. The van der Waals surface area contributed by atoms with E-state index in [-0.39, 0.29) is 18.9 Å². The van der Waals surface area contributed by atoms with Crippen LogP contribution in [0.1, 0.15) is 11.3 Å². The van der Waals surface area contributed by atoms with E-state index in [0.717, 1.165) is 20.6 Å². The number of likely N-dealkylation sites (N-methyl/N-ethyl adjacent to an activating group) is 1. The summed E-state index contributed by atoms with van der Waals surface area (Å²) < 4.78 is 6.07. The van der Waals surface area contributed by atoms with E-state index in [2.05, 4.69) is 20.9 Å². The minimum absolute atomic E-state index is 0.0462. The first-order valence-electron chi connectivity index (χ1n) is 8.66. The normalized spacial score (nSPS) is 10.5. The summed E-state index contributed by atoms with van der Waals surface area (Å²) in [5, 5.41) is 2.69. The third-order valence-corrected chi connectivity index (χ3v) is 5.76. The van der Waals surface area contributed by atoms with Gasteiger partial charge in [0.1, 0.15) is 5.01 Å². The number of hydrogen-bond donors (Lipinski definition) is 0. The monoisotopic (exact) mass is 458 g/mol. The van der Waals surface area contributed by atoms with Crippen LogP contribution in [-0.4, -0.2) is 35.4 Å². The van der Waals surface area contributed by atoms with Crippen molar-refractivity contribution < 1.29 is 14.3 Å². The number of carbonyl (C=O) groups excluding carboxylic acids is 2. The van der Waals surface area contributed by atoms with Gasteiger partial charge in [0.15, 0.2) is 6.61 Å². The van der Waals surface area contributed by atoms with Crippen LogP contribution in [-0.2, 0) is 27.3 Å². The summed E-state index contributed by atoms with van der Waals surface area (Å²) >= 11 is 4.94. The smallest absolute Gasteiger partial charge is 0.312 e. The molecule has 28 heavy (non-hydrogen) atoms. The molecule has 0 aliphatic carbocycles. The lowest BCUT2D eigenvalue weighted by Crippen LogP contribution is -2.31. The van der Waals surface area contributed by atoms with Gasteiger partial charge in [-0.25, -0.2) is 4.98 Å². The molecule has 0 aliphatic rings. The van der Waals surface area contributed by atoms with E-state index in [9.17, 15) is 9.59 Å². The van der Waals surface area contributed by atoms with Gasteiger partial charge in [-0.1, -0.05) is 64.5 Å². The minimum atomic E-state index is -0.465. The number of rotatable bonds is 7. The number of benzene rings is 2. The molecule has 0 saturated heterocycles. The molecule has 0 N–H and O–H groups in total. The van der Waals surface area contributed by atoms with Gasteiger partial charge in [0, 0.05) is 29.0 Å². The van der Waals surface area contributed by atoms with Gasteiger partial charge < -0.3 is 9.64 Å². The lowest BCUT2D eigenvalue weighted by Gasteiger charge is -2.18. The fourth-order valence-corrected chi connectivity index (χ4v) is 3.76. The number of amides is 1. The number of halogens is 1. The third kappa shape index (κ3) is 5.50. The molecule has 0 saturated carbocycles. The maximum Gasteiger partial charge on any atom is 0.312 e. The molecule has 1 amide bonds. The number of hydrogen-bond acceptors (Lipinski definition) is 5. The molecule has 0 unspecified atom stereocenters. The van der Waals surface area contributed by atoms with Crippen LogP contribution in [0.25, 0.3) is 10.6 Å². The molecule has 0 spiro atoms. The Hall–Kier alpha value is -2.51. The molecule has 3 aromatic rings. The Labute approximate surface area is 176 Å². The van der Waals surface area contributed by atoms with E-state index in [1.807, 2.05) is 60.0 Å². The van der Waals surface area contributed by atoms with Crippen LogP contribution in [0.5, 0.6) is 0 Å². The standard InChI is InChI=1S/C21H19BrN2O3S/c1-24(12-16-9-5-6-10-18(16)22)19(25)13-27-20(26)11-17-14-28-21(23-17)15-7-3-2-4-8-15/h2-10,14H,11-13H2,1H3. The van der Waals surface area contributed by atoms with Gasteiger partial charge in [-0.15, -0.1) is 11.3 Å². The largest absolute Gasteiger partial charge is 0.455 e. The molecule has 7 heteroatoms. The Morgan fingerprint density at radius 2 is 1.82 bits per heavy atom. The van der Waals surface area contributed by atoms with Crippen molar-refractivity contribution in [3.63, 3.8) is 0 Å². The lowest BCUT2D eigenvalue weighted by atomic mass is 10.2. The van der Waals surface area contributed by atoms with Crippen LogP contribution in [0.15, 0.2) is 64.5 Å². The second kappa shape index (κ2) is 9.61. The number of ether oxygens (including phenoxy) is 1. The molecule has 1 heterocycles. The molecule has 0 fully saturated rings.